The first-order chi connectivity index (χ1) is 4.59. The second-order valence-corrected chi connectivity index (χ2v) is 2.23. The predicted octanol–water partition coefficient (Wildman–Crippen LogP) is -0.604. The lowest BCUT2D eigenvalue weighted by molar-refractivity contribution is -0.139. The number of aliphatic carboxylic acids is 1. The van der Waals surface area contributed by atoms with Gasteiger partial charge in [-0.1, -0.05) is 6.92 Å². The molecule has 60 valence electrons. The number of hydrogen-bond donors (Lipinski definition) is 3. The Balaban J connectivity index is 3.85. The highest BCUT2D eigenvalue weighted by Gasteiger charge is 2.19. The molecule has 0 heterocycles. The minimum Gasteiger partial charge on any atom is -0.480 e. The van der Waals surface area contributed by atoms with Crippen LogP contribution in [0.2, 0.25) is 0 Å². The van der Waals surface area contributed by atoms with Crippen molar-refractivity contribution >= 4 is 5.97 Å². The Morgan fingerprint density at radius 1 is 1.80 bits per heavy atom. The summed E-state index contributed by atoms with van der Waals surface area (Å²) >= 11 is 0. The number of nitrogens with one attached hydrogen (secondary N) is 1. The summed E-state index contributed by atoms with van der Waals surface area (Å²) in [6.45, 7) is 4.14. The molecular formula is C6H14N2O2. The van der Waals surface area contributed by atoms with Gasteiger partial charge in [-0.25, -0.2) is 0 Å². The maximum atomic E-state index is 10.4. The van der Waals surface area contributed by atoms with Crippen molar-refractivity contribution in [2.75, 3.05) is 6.54 Å². The molecule has 2 atom stereocenters. The topological polar surface area (TPSA) is 75.3 Å². The Kier molecular flexibility index (Phi) is 3.99. The van der Waals surface area contributed by atoms with E-state index in [1.165, 1.54) is 0 Å². The summed E-state index contributed by atoms with van der Waals surface area (Å²) in [5, 5.41) is 11.3. The maximum absolute atomic E-state index is 10.4. The molecule has 0 radical (unpaired) electrons. The van der Waals surface area contributed by atoms with Gasteiger partial charge in [0.05, 0.1) is 0 Å². The van der Waals surface area contributed by atoms with Crippen molar-refractivity contribution in [2.24, 2.45) is 5.73 Å². The average Bonchev–Trinajstić information content (AvgIpc) is 1.81. The summed E-state index contributed by atoms with van der Waals surface area (Å²) in [6, 6.07) is -0.970. The molecule has 0 aliphatic carbocycles. The van der Waals surface area contributed by atoms with Gasteiger partial charge < -0.3 is 16.2 Å². The lowest BCUT2D eigenvalue weighted by Crippen LogP contribution is -2.48. The third-order valence-electron chi connectivity index (χ3n) is 1.22. The van der Waals surface area contributed by atoms with E-state index in [2.05, 4.69) is 5.32 Å². The van der Waals surface area contributed by atoms with E-state index in [0.29, 0.717) is 6.54 Å². The predicted molar refractivity (Wildman–Crippen MR) is 38.7 cm³/mol. The molecular weight excluding hydrogens is 132 g/mol. The molecule has 0 aliphatic rings. The van der Waals surface area contributed by atoms with Crippen LogP contribution in [0, 0.1) is 0 Å². The largest absolute Gasteiger partial charge is 0.480 e. The van der Waals surface area contributed by atoms with Gasteiger partial charge in [0, 0.05) is 6.04 Å². The highest BCUT2D eigenvalue weighted by atomic mass is 16.4. The van der Waals surface area contributed by atoms with Crippen molar-refractivity contribution in [3.05, 3.63) is 0 Å². The van der Waals surface area contributed by atoms with Crippen LogP contribution in [0.3, 0.4) is 0 Å². The number of carbonyl (C=O) groups is 1. The number of carboxylic acids is 1. The fraction of sp³-hybridized carbons (Fsp3) is 0.833. The van der Waals surface area contributed by atoms with E-state index in [4.69, 9.17) is 10.8 Å². The molecule has 0 spiro atoms. The van der Waals surface area contributed by atoms with Crippen molar-refractivity contribution in [3.8, 4) is 0 Å². The molecule has 4 heteroatoms. The van der Waals surface area contributed by atoms with Crippen LogP contribution in [0.15, 0.2) is 0 Å². The number of hydrogen-bond acceptors (Lipinski definition) is 3. The summed E-state index contributed by atoms with van der Waals surface area (Å²) in [5.41, 5.74) is 5.38. The van der Waals surface area contributed by atoms with E-state index in [-0.39, 0.29) is 6.04 Å². The molecule has 10 heavy (non-hydrogen) atoms. The molecule has 0 amide bonds. The van der Waals surface area contributed by atoms with Gasteiger partial charge >= 0.3 is 5.97 Å². The van der Waals surface area contributed by atoms with Crippen molar-refractivity contribution < 1.29 is 9.90 Å². The first-order valence-corrected chi connectivity index (χ1v) is 3.31. The molecule has 0 saturated carbocycles. The standard InChI is InChI=1S/C6H14N2O2/c1-3-8-5(4(2)7)6(9)10/h4-5,8H,3,7H2,1-2H3,(H,9,10). The molecule has 0 fully saturated rings. The van der Waals surface area contributed by atoms with Crippen LogP contribution in [-0.2, 0) is 4.79 Å². The molecule has 0 aliphatic heterocycles. The lowest BCUT2D eigenvalue weighted by atomic mass is 10.1. The summed E-state index contributed by atoms with van der Waals surface area (Å²) in [6.07, 6.45) is 0. The minimum atomic E-state index is -0.892. The molecule has 4 N–H and O–H groups in total. The van der Waals surface area contributed by atoms with Gasteiger partial charge in [-0.2, -0.15) is 0 Å². The van der Waals surface area contributed by atoms with E-state index in [1.54, 1.807) is 6.92 Å². The Hall–Kier alpha value is -0.610. The van der Waals surface area contributed by atoms with Crippen LogP contribution in [0.25, 0.3) is 0 Å². The third-order valence-corrected chi connectivity index (χ3v) is 1.22. The van der Waals surface area contributed by atoms with E-state index in [0.717, 1.165) is 0 Å². The SMILES string of the molecule is CCNC(C(=O)O)C(C)N. The molecule has 0 aromatic rings. The zero-order chi connectivity index (χ0) is 8.15. The maximum Gasteiger partial charge on any atom is 0.322 e. The zero-order valence-corrected chi connectivity index (χ0v) is 6.29. The van der Waals surface area contributed by atoms with Crippen LogP contribution < -0.4 is 11.1 Å². The van der Waals surface area contributed by atoms with Crippen molar-refractivity contribution in [1.82, 2.24) is 5.32 Å². The Bertz CT molecular complexity index is 114. The van der Waals surface area contributed by atoms with E-state index >= 15 is 0 Å². The first-order valence-electron chi connectivity index (χ1n) is 3.31. The van der Waals surface area contributed by atoms with Gasteiger partial charge in [0.25, 0.3) is 0 Å². The third kappa shape index (κ3) is 2.80. The van der Waals surface area contributed by atoms with Crippen LogP contribution in [0.5, 0.6) is 0 Å². The van der Waals surface area contributed by atoms with E-state index in [1.807, 2.05) is 6.92 Å². The highest BCUT2D eigenvalue weighted by Crippen LogP contribution is 1.88. The summed E-state index contributed by atoms with van der Waals surface area (Å²) in [7, 11) is 0. The van der Waals surface area contributed by atoms with Gasteiger partial charge in [0.15, 0.2) is 0 Å². The molecule has 0 aromatic carbocycles. The number of carboxylic acid groups (broad SMARTS) is 1. The smallest absolute Gasteiger partial charge is 0.322 e. The van der Waals surface area contributed by atoms with Crippen molar-refractivity contribution in [1.29, 1.82) is 0 Å². The van der Waals surface area contributed by atoms with Gasteiger partial charge in [-0.3, -0.25) is 4.79 Å². The Morgan fingerprint density at radius 2 is 2.30 bits per heavy atom. The first kappa shape index (κ1) is 9.39. The molecule has 4 nitrogen and oxygen atoms in total. The molecule has 0 saturated heterocycles. The minimum absolute atomic E-state index is 0.350. The number of nitrogens with two attached hydrogens (primary N) is 1. The Morgan fingerprint density at radius 3 is 2.40 bits per heavy atom. The van der Waals surface area contributed by atoms with Crippen molar-refractivity contribution in [2.45, 2.75) is 25.9 Å². The average molecular weight is 146 g/mol. The number of rotatable bonds is 4. The summed E-state index contributed by atoms with van der Waals surface area (Å²) in [5.74, 6) is -0.892. The lowest BCUT2D eigenvalue weighted by Gasteiger charge is -2.15. The van der Waals surface area contributed by atoms with Gasteiger partial charge in [-0.05, 0) is 13.5 Å². The Labute approximate surface area is 60.4 Å². The van der Waals surface area contributed by atoms with Gasteiger partial charge in [0.2, 0.25) is 0 Å². The quantitative estimate of drug-likeness (QED) is 0.495. The van der Waals surface area contributed by atoms with Crippen LogP contribution in [0.4, 0.5) is 0 Å². The second-order valence-electron chi connectivity index (χ2n) is 2.23. The van der Waals surface area contributed by atoms with E-state index < -0.39 is 12.0 Å². The number of likely N-dealkylation sites (N-methyl/N-ethyl adjacent to an activating group) is 1. The van der Waals surface area contributed by atoms with Crippen molar-refractivity contribution in [3.63, 3.8) is 0 Å². The molecule has 0 rings (SSSR count). The second kappa shape index (κ2) is 4.24. The van der Waals surface area contributed by atoms with Crippen LogP contribution >= 0.6 is 0 Å². The molecule has 2 unspecified atom stereocenters. The summed E-state index contributed by atoms with van der Waals surface area (Å²) < 4.78 is 0. The van der Waals surface area contributed by atoms with Crippen LogP contribution in [-0.4, -0.2) is 29.7 Å². The monoisotopic (exact) mass is 146 g/mol. The van der Waals surface area contributed by atoms with Gasteiger partial charge in [0.1, 0.15) is 6.04 Å². The fourth-order valence-corrected chi connectivity index (χ4v) is 0.718. The zero-order valence-electron chi connectivity index (χ0n) is 6.29. The molecule has 0 bridgehead atoms. The van der Waals surface area contributed by atoms with Crippen LogP contribution in [0.1, 0.15) is 13.8 Å². The van der Waals surface area contributed by atoms with E-state index in [9.17, 15) is 4.79 Å². The normalized spacial score (nSPS) is 16.3. The van der Waals surface area contributed by atoms with Gasteiger partial charge in [-0.15, -0.1) is 0 Å². The fourth-order valence-electron chi connectivity index (χ4n) is 0.718. The summed E-state index contributed by atoms with van der Waals surface area (Å²) in [4.78, 5) is 10.4. The molecule has 0 aromatic heterocycles. The highest BCUT2D eigenvalue weighted by molar-refractivity contribution is 5.74.